The average Bonchev–Trinajstić information content (AvgIpc) is 2.90. The van der Waals surface area contributed by atoms with E-state index in [1.165, 1.54) is 5.56 Å². The Balaban J connectivity index is 1.70. The zero-order chi connectivity index (χ0) is 19.6. The van der Waals surface area contributed by atoms with Gasteiger partial charge in [-0.15, -0.1) is 0 Å². The molecule has 0 aromatic heterocycles. The molecule has 2 aliphatic rings. The van der Waals surface area contributed by atoms with E-state index in [0.29, 0.717) is 28.6 Å². The highest BCUT2D eigenvalue weighted by Gasteiger charge is 2.48. The van der Waals surface area contributed by atoms with Crippen molar-refractivity contribution in [2.75, 3.05) is 6.54 Å². The van der Waals surface area contributed by atoms with Crippen LogP contribution in [0.4, 0.5) is 0 Å². The Morgan fingerprint density at radius 3 is 2.29 bits per heavy atom. The van der Waals surface area contributed by atoms with E-state index in [2.05, 4.69) is 22.2 Å². The molecule has 148 valence electrons. The van der Waals surface area contributed by atoms with Gasteiger partial charge in [0, 0.05) is 18.1 Å². The molecule has 0 radical (unpaired) electrons. The molecule has 1 saturated carbocycles. The Labute approximate surface area is 172 Å². The van der Waals surface area contributed by atoms with E-state index in [9.17, 15) is 8.42 Å². The Bertz CT molecular complexity index is 963. The molecule has 1 aliphatic heterocycles. The van der Waals surface area contributed by atoms with E-state index >= 15 is 0 Å². The maximum absolute atomic E-state index is 13.1. The molecule has 0 amide bonds. The van der Waals surface area contributed by atoms with Crippen molar-refractivity contribution in [1.29, 1.82) is 0 Å². The Morgan fingerprint density at radius 2 is 1.61 bits per heavy atom. The second kappa shape index (κ2) is 7.99. The van der Waals surface area contributed by atoms with Crippen LogP contribution in [0.2, 0.25) is 5.02 Å². The standard InChI is InChI=1S/C22H25ClN2O2S/c23-19-11-9-18(10-12-19)21-20(16-24-15-17-7-3-1-4-8-17)22(25-28(21,26)27)13-5-2-6-14-22/h1,3-4,7-12,24-25H,2,5-6,13-16H2. The van der Waals surface area contributed by atoms with Gasteiger partial charge in [-0.1, -0.05) is 73.3 Å². The van der Waals surface area contributed by atoms with Crippen molar-refractivity contribution in [2.45, 2.75) is 44.2 Å². The Morgan fingerprint density at radius 1 is 0.929 bits per heavy atom. The minimum atomic E-state index is -3.56. The van der Waals surface area contributed by atoms with Crippen LogP contribution in [0.5, 0.6) is 0 Å². The van der Waals surface area contributed by atoms with Crippen LogP contribution in [0.3, 0.4) is 0 Å². The average molecular weight is 417 g/mol. The fourth-order valence-corrected chi connectivity index (χ4v) is 6.52. The van der Waals surface area contributed by atoms with Crippen LogP contribution in [0.1, 0.15) is 43.2 Å². The second-order valence-electron chi connectivity index (χ2n) is 7.65. The van der Waals surface area contributed by atoms with E-state index in [-0.39, 0.29) is 0 Å². The molecule has 1 spiro atoms. The Hall–Kier alpha value is -1.66. The summed E-state index contributed by atoms with van der Waals surface area (Å²) in [6.45, 7) is 1.24. The third kappa shape index (κ3) is 3.90. The molecule has 2 N–H and O–H groups in total. The highest BCUT2D eigenvalue weighted by Crippen LogP contribution is 2.45. The van der Waals surface area contributed by atoms with Crippen molar-refractivity contribution in [3.8, 4) is 0 Å². The molecular formula is C22H25ClN2O2S. The van der Waals surface area contributed by atoms with Gasteiger partial charge in [-0.3, -0.25) is 0 Å². The first kappa shape index (κ1) is 19.6. The molecule has 2 aromatic carbocycles. The van der Waals surface area contributed by atoms with Crippen molar-refractivity contribution in [1.82, 2.24) is 10.0 Å². The third-order valence-corrected chi connectivity index (χ3v) is 7.67. The van der Waals surface area contributed by atoms with Gasteiger partial charge in [0.2, 0.25) is 10.0 Å². The number of sulfonamides is 1. The Kier molecular flexibility index (Phi) is 5.61. The number of benzene rings is 2. The summed E-state index contributed by atoms with van der Waals surface area (Å²) in [6, 6.07) is 17.3. The third-order valence-electron chi connectivity index (χ3n) is 5.74. The summed E-state index contributed by atoms with van der Waals surface area (Å²) >= 11 is 6.03. The van der Waals surface area contributed by atoms with E-state index < -0.39 is 15.6 Å². The fraction of sp³-hybridized carbons (Fsp3) is 0.364. The normalized spacial score (nSPS) is 20.6. The predicted octanol–water partition coefficient (Wildman–Crippen LogP) is 4.48. The van der Waals surface area contributed by atoms with Gasteiger partial charge >= 0.3 is 0 Å². The van der Waals surface area contributed by atoms with E-state index in [1.54, 1.807) is 24.3 Å². The first-order valence-corrected chi connectivity index (χ1v) is 11.6. The first-order valence-electron chi connectivity index (χ1n) is 9.78. The molecule has 4 nitrogen and oxygen atoms in total. The molecule has 1 heterocycles. The SMILES string of the molecule is O=S1(=O)NC2(CCCCC2)C(CNCc2ccccc2)=C1c1ccc(Cl)cc1. The maximum atomic E-state index is 13.1. The van der Waals surface area contributed by atoms with Crippen molar-refractivity contribution >= 4 is 26.5 Å². The summed E-state index contributed by atoms with van der Waals surface area (Å²) in [6.07, 6.45) is 4.94. The lowest BCUT2D eigenvalue weighted by Crippen LogP contribution is -2.47. The summed E-state index contributed by atoms with van der Waals surface area (Å²) in [7, 11) is -3.56. The lowest BCUT2D eigenvalue weighted by atomic mass is 9.76. The molecular weight excluding hydrogens is 392 g/mol. The van der Waals surface area contributed by atoms with Crippen LogP contribution >= 0.6 is 11.6 Å². The van der Waals surface area contributed by atoms with Crippen molar-refractivity contribution in [3.63, 3.8) is 0 Å². The molecule has 4 rings (SSSR count). The van der Waals surface area contributed by atoms with Crippen LogP contribution in [-0.4, -0.2) is 20.5 Å². The fourth-order valence-electron chi connectivity index (χ4n) is 4.42. The number of nitrogens with one attached hydrogen (secondary N) is 2. The second-order valence-corrected chi connectivity index (χ2v) is 9.71. The smallest absolute Gasteiger partial charge is 0.242 e. The van der Waals surface area contributed by atoms with E-state index in [4.69, 9.17) is 11.6 Å². The first-order chi connectivity index (χ1) is 13.5. The molecule has 0 bridgehead atoms. The van der Waals surface area contributed by atoms with E-state index in [1.807, 2.05) is 18.2 Å². The molecule has 1 aliphatic carbocycles. The van der Waals surface area contributed by atoms with E-state index in [0.717, 1.165) is 37.7 Å². The molecule has 0 saturated heterocycles. The monoisotopic (exact) mass is 416 g/mol. The minimum Gasteiger partial charge on any atom is -0.309 e. The van der Waals surface area contributed by atoms with Gasteiger partial charge in [0.25, 0.3) is 0 Å². The van der Waals surface area contributed by atoms with Crippen molar-refractivity contribution in [2.24, 2.45) is 0 Å². The van der Waals surface area contributed by atoms with Crippen LogP contribution < -0.4 is 10.0 Å². The summed E-state index contributed by atoms with van der Waals surface area (Å²) in [5, 5.41) is 4.08. The van der Waals surface area contributed by atoms with Gasteiger partial charge in [0.1, 0.15) is 0 Å². The number of hydrogen-bond acceptors (Lipinski definition) is 3. The van der Waals surface area contributed by atoms with Crippen molar-refractivity contribution in [3.05, 3.63) is 76.3 Å². The molecule has 0 unspecified atom stereocenters. The maximum Gasteiger partial charge on any atom is 0.242 e. The molecule has 1 fully saturated rings. The molecule has 6 heteroatoms. The van der Waals surface area contributed by atoms with Crippen molar-refractivity contribution < 1.29 is 8.42 Å². The highest BCUT2D eigenvalue weighted by atomic mass is 35.5. The van der Waals surface area contributed by atoms with Gasteiger partial charge in [-0.2, -0.15) is 0 Å². The lowest BCUT2D eigenvalue weighted by Gasteiger charge is -2.35. The lowest BCUT2D eigenvalue weighted by molar-refractivity contribution is 0.315. The predicted molar refractivity (Wildman–Crippen MR) is 114 cm³/mol. The van der Waals surface area contributed by atoms with Crippen LogP contribution in [0.15, 0.2) is 60.2 Å². The van der Waals surface area contributed by atoms with Crippen LogP contribution in [-0.2, 0) is 16.6 Å². The summed E-state index contributed by atoms with van der Waals surface area (Å²) in [4.78, 5) is 0.423. The summed E-state index contributed by atoms with van der Waals surface area (Å²) in [5.41, 5.74) is 2.39. The minimum absolute atomic E-state index is 0.423. The van der Waals surface area contributed by atoms with Gasteiger partial charge in [-0.25, -0.2) is 13.1 Å². The van der Waals surface area contributed by atoms with Gasteiger partial charge in [-0.05, 0) is 41.7 Å². The highest BCUT2D eigenvalue weighted by molar-refractivity contribution is 7.99. The number of rotatable bonds is 5. The zero-order valence-electron chi connectivity index (χ0n) is 15.7. The quantitative estimate of drug-likeness (QED) is 0.755. The topological polar surface area (TPSA) is 58.2 Å². The molecule has 0 atom stereocenters. The molecule has 2 aromatic rings. The summed E-state index contributed by atoms with van der Waals surface area (Å²) in [5.74, 6) is 0. The van der Waals surface area contributed by atoms with Gasteiger partial charge in [0.05, 0.1) is 10.4 Å². The molecule has 28 heavy (non-hydrogen) atoms. The number of hydrogen-bond donors (Lipinski definition) is 2. The van der Waals surface area contributed by atoms with Gasteiger partial charge < -0.3 is 5.32 Å². The largest absolute Gasteiger partial charge is 0.309 e. The van der Waals surface area contributed by atoms with Gasteiger partial charge in [0.15, 0.2) is 0 Å². The van der Waals surface area contributed by atoms with Crippen LogP contribution in [0.25, 0.3) is 4.91 Å². The van der Waals surface area contributed by atoms with Crippen LogP contribution in [0, 0.1) is 0 Å². The number of halogens is 1. The zero-order valence-corrected chi connectivity index (χ0v) is 17.3. The summed E-state index contributed by atoms with van der Waals surface area (Å²) < 4.78 is 29.3.